The van der Waals surface area contributed by atoms with Crippen LogP contribution in [0.2, 0.25) is 0 Å². The molecule has 0 aliphatic heterocycles. The van der Waals surface area contributed by atoms with Gasteiger partial charge < -0.3 is 5.73 Å². The zero-order valence-electron chi connectivity index (χ0n) is 10.5. The van der Waals surface area contributed by atoms with Crippen molar-refractivity contribution in [2.45, 2.75) is 0 Å². The second-order valence-corrected chi connectivity index (χ2v) is 4.14. The zero-order chi connectivity index (χ0) is 14.5. The summed E-state index contributed by atoms with van der Waals surface area (Å²) < 4.78 is 0. The molecule has 0 atom stereocenters. The summed E-state index contributed by atoms with van der Waals surface area (Å²) in [4.78, 5) is 10.1. The van der Waals surface area contributed by atoms with Gasteiger partial charge in [0.15, 0.2) is 0 Å². The molecule has 0 fully saturated rings. The Kier molecular flexibility index (Phi) is 3.77. The molecule has 2 aromatic rings. The molecule has 0 bridgehead atoms. The van der Waals surface area contributed by atoms with Gasteiger partial charge >= 0.3 is 0 Å². The number of nitrogen functional groups attached to an aromatic ring is 1. The van der Waals surface area contributed by atoms with Crippen molar-refractivity contribution in [2.24, 2.45) is 0 Å². The minimum atomic E-state index is -0.473. The van der Waals surface area contributed by atoms with Crippen LogP contribution in [0, 0.1) is 21.4 Å². The highest BCUT2D eigenvalue weighted by molar-refractivity contribution is 5.89. The number of nitrogens with zero attached hydrogens (tertiary/aromatic N) is 2. The van der Waals surface area contributed by atoms with Crippen LogP contribution in [-0.2, 0) is 0 Å². The minimum absolute atomic E-state index is 0.00137. The van der Waals surface area contributed by atoms with Crippen molar-refractivity contribution in [3.63, 3.8) is 0 Å². The lowest BCUT2D eigenvalue weighted by Gasteiger charge is -2.00. The Balaban J connectivity index is 2.35. The molecule has 0 heterocycles. The van der Waals surface area contributed by atoms with E-state index in [0.717, 1.165) is 5.56 Å². The minimum Gasteiger partial charge on any atom is -0.399 e. The lowest BCUT2D eigenvalue weighted by molar-refractivity contribution is -0.384. The van der Waals surface area contributed by atoms with E-state index in [4.69, 9.17) is 5.73 Å². The van der Waals surface area contributed by atoms with Gasteiger partial charge in [0.05, 0.1) is 16.6 Å². The van der Waals surface area contributed by atoms with Crippen LogP contribution >= 0.6 is 0 Å². The number of nitrogens with two attached hydrogens (primary N) is 1. The van der Waals surface area contributed by atoms with Crippen LogP contribution in [0.15, 0.2) is 48.5 Å². The molecule has 2 rings (SSSR count). The maximum absolute atomic E-state index is 10.6. The summed E-state index contributed by atoms with van der Waals surface area (Å²) in [6.07, 6.45) is 1.71. The summed E-state index contributed by atoms with van der Waals surface area (Å²) >= 11 is 0. The predicted octanol–water partition coefficient (Wildman–Crippen LogP) is 3.24. The van der Waals surface area contributed by atoms with Gasteiger partial charge in [0.25, 0.3) is 5.69 Å². The van der Waals surface area contributed by atoms with Crippen molar-refractivity contribution in [3.05, 3.63) is 69.8 Å². The van der Waals surface area contributed by atoms with E-state index in [2.05, 4.69) is 6.07 Å². The quantitative estimate of drug-likeness (QED) is 0.303. The number of nitriles is 1. The number of anilines is 1. The molecule has 0 radical (unpaired) electrons. The summed E-state index contributed by atoms with van der Waals surface area (Å²) in [5, 5.41) is 19.8. The second kappa shape index (κ2) is 5.67. The molecule has 5 heteroatoms. The smallest absolute Gasteiger partial charge is 0.269 e. The Labute approximate surface area is 115 Å². The first-order valence-corrected chi connectivity index (χ1v) is 5.82. The number of benzene rings is 2. The predicted molar refractivity (Wildman–Crippen MR) is 77.4 cm³/mol. The SMILES string of the molecule is N#C/C(=C/c1ccc(N)cc1)c1ccc([N+](=O)[O-])cc1. The van der Waals surface area contributed by atoms with Gasteiger partial charge in [-0.3, -0.25) is 10.1 Å². The highest BCUT2D eigenvalue weighted by atomic mass is 16.6. The molecular formula is C15H11N3O2. The number of nitro groups is 1. The molecule has 0 saturated carbocycles. The monoisotopic (exact) mass is 265 g/mol. The number of rotatable bonds is 3. The van der Waals surface area contributed by atoms with E-state index in [1.54, 1.807) is 42.5 Å². The third-order valence-electron chi connectivity index (χ3n) is 2.76. The molecule has 2 N–H and O–H groups in total. The largest absolute Gasteiger partial charge is 0.399 e. The zero-order valence-corrected chi connectivity index (χ0v) is 10.5. The normalized spacial score (nSPS) is 10.8. The second-order valence-electron chi connectivity index (χ2n) is 4.14. The third kappa shape index (κ3) is 3.00. The summed E-state index contributed by atoms with van der Waals surface area (Å²) in [6, 6.07) is 15.1. The molecule has 5 nitrogen and oxygen atoms in total. The molecule has 0 aliphatic carbocycles. The van der Waals surface area contributed by atoms with Gasteiger partial charge in [0, 0.05) is 17.8 Å². The van der Waals surface area contributed by atoms with E-state index in [1.807, 2.05) is 0 Å². The van der Waals surface area contributed by atoms with Crippen molar-refractivity contribution in [3.8, 4) is 6.07 Å². The van der Waals surface area contributed by atoms with Crippen molar-refractivity contribution >= 4 is 23.0 Å². The Bertz CT molecular complexity index is 695. The topological polar surface area (TPSA) is 93.0 Å². The Morgan fingerprint density at radius 2 is 1.75 bits per heavy atom. The van der Waals surface area contributed by atoms with E-state index in [-0.39, 0.29) is 5.69 Å². The van der Waals surface area contributed by atoms with Crippen LogP contribution in [0.3, 0.4) is 0 Å². The Hall–Kier alpha value is -3.13. The number of non-ortho nitro benzene ring substituents is 1. The van der Waals surface area contributed by atoms with Crippen molar-refractivity contribution in [1.29, 1.82) is 5.26 Å². The lowest BCUT2D eigenvalue weighted by atomic mass is 10.0. The highest BCUT2D eigenvalue weighted by Gasteiger charge is 2.06. The number of nitro benzene ring substituents is 1. The van der Waals surface area contributed by atoms with Gasteiger partial charge in [-0.2, -0.15) is 5.26 Å². The Morgan fingerprint density at radius 3 is 2.25 bits per heavy atom. The van der Waals surface area contributed by atoms with Gasteiger partial charge in [0.2, 0.25) is 0 Å². The van der Waals surface area contributed by atoms with Crippen LogP contribution in [0.5, 0.6) is 0 Å². The first-order valence-electron chi connectivity index (χ1n) is 5.82. The van der Waals surface area contributed by atoms with Crippen molar-refractivity contribution in [2.75, 3.05) is 5.73 Å². The van der Waals surface area contributed by atoms with Gasteiger partial charge in [-0.1, -0.05) is 12.1 Å². The highest BCUT2D eigenvalue weighted by Crippen LogP contribution is 2.21. The summed E-state index contributed by atoms with van der Waals surface area (Å²) in [5.41, 5.74) is 8.16. The molecule has 0 aliphatic rings. The van der Waals surface area contributed by atoms with E-state index in [1.165, 1.54) is 12.1 Å². The van der Waals surface area contributed by atoms with Crippen LogP contribution in [0.1, 0.15) is 11.1 Å². The van der Waals surface area contributed by atoms with Gasteiger partial charge in [-0.25, -0.2) is 0 Å². The third-order valence-corrected chi connectivity index (χ3v) is 2.76. The van der Waals surface area contributed by atoms with Gasteiger partial charge in [-0.05, 0) is 41.5 Å². The number of allylic oxidation sites excluding steroid dienone is 1. The van der Waals surface area contributed by atoms with E-state index >= 15 is 0 Å². The fraction of sp³-hybridized carbons (Fsp3) is 0. The van der Waals surface area contributed by atoms with Crippen LogP contribution in [0.25, 0.3) is 11.6 Å². The fourth-order valence-corrected chi connectivity index (χ4v) is 1.70. The standard InChI is InChI=1S/C15H11N3O2/c16-10-13(9-11-1-5-14(17)6-2-11)12-3-7-15(8-4-12)18(19)20/h1-9H,17H2/b13-9-. The first-order chi connectivity index (χ1) is 9.60. The average Bonchev–Trinajstić information content (AvgIpc) is 2.47. The maximum atomic E-state index is 10.6. The molecule has 0 spiro atoms. The van der Waals surface area contributed by atoms with E-state index in [0.29, 0.717) is 16.8 Å². The molecule has 98 valence electrons. The first kappa shape index (κ1) is 13.3. The molecule has 2 aromatic carbocycles. The maximum Gasteiger partial charge on any atom is 0.269 e. The average molecular weight is 265 g/mol. The Morgan fingerprint density at radius 1 is 1.15 bits per heavy atom. The van der Waals surface area contributed by atoms with Crippen molar-refractivity contribution < 1.29 is 4.92 Å². The summed E-state index contributed by atoms with van der Waals surface area (Å²) in [5.74, 6) is 0. The van der Waals surface area contributed by atoms with Crippen LogP contribution in [0.4, 0.5) is 11.4 Å². The molecule has 0 aromatic heterocycles. The van der Waals surface area contributed by atoms with E-state index < -0.39 is 4.92 Å². The van der Waals surface area contributed by atoms with Gasteiger partial charge in [0.1, 0.15) is 0 Å². The van der Waals surface area contributed by atoms with Gasteiger partial charge in [-0.15, -0.1) is 0 Å². The lowest BCUT2D eigenvalue weighted by Crippen LogP contribution is -1.88. The molecular weight excluding hydrogens is 254 g/mol. The summed E-state index contributed by atoms with van der Waals surface area (Å²) in [6.45, 7) is 0. The number of hydrogen-bond acceptors (Lipinski definition) is 4. The number of hydrogen-bond donors (Lipinski definition) is 1. The van der Waals surface area contributed by atoms with Crippen LogP contribution < -0.4 is 5.73 Å². The molecule has 0 saturated heterocycles. The van der Waals surface area contributed by atoms with E-state index in [9.17, 15) is 15.4 Å². The summed E-state index contributed by atoms with van der Waals surface area (Å²) in [7, 11) is 0. The molecule has 20 heavy (non-hydrogen) atoms. The van der Waals surface area contributed by atoms with Crippen LogP contribution in [-0.4, -0.2) is 4.92 Å². The van der Waals surface area contributed by atoms with Crippen molar-refractivity contribution in [1.82, 2.24) is 0 Å². The molecule has 0 amide bonds. The molecule has 0 unspecified atom stereocenters. The fourth-order valence-electron chi connectivity index (χ4n) is 1.70.